The minimum atomic E-state index is -0.107. The summed E-state index contributed by atoms with van der Waals surface area (Å²) in [5.74, 6) is -0.107. The number of aromatic nitrogens is 2. The van der Waals surface area contributed by atoms with Crippen LogP contribution in [0.5, 0.6) is 0 Å². The van der Waals surface area contributed by atoms with Gasteiger partial charge in [-0.25, -0.2) is 4.98 Å². The standard InChI is InChI=1S/C13H17N3O3/c1-19-6-5-14-12(18)8-16-7-10(9-17)11-3-2-4-15-13(11)16/h2-4,7,17H,5-6,8-9H2,1H3,(H,14,18). The topological polar surface area (TPSA) is 76.4 Å². The third-order valence-corrected chi connectivity index (χ3v) is 2.83. The van der Waals surface area contributed by atoms with E-state index in [9.17, 15) is 9.90 Å². The lowest BCUT2D eigenvalue weighted by atomic mass is 10.2. The molecular weight excluding hydrogens is 246 g/mol. The monoisotopic (exact) mass is 263 g/mol. The number of hydrogen-bond donors (Lipinski definition) is 2. The van der Waals surface area contributed by atoms with Gasteiger partial charge in [-0.15, -0.1) is 0 Å². The van der Waals surface area contributed by atoms with E-state index >= 15 is 0 Å². The summed E-state index contributed by atoms with van der Waals surface area (Å²) < 4.78 is 6.61. The van der Waals surface area contributed by atoms with E-state index in [0.29, 0.717) is 18.8 Å². The first-order valence-electron chi connectivity index (χ1n) is 6.05. The first kappa shape index (κ1) is 13.5. The normalized spacial score (nSPS) is 10.8. The summed E-state index contributed by atoms with van der Waals surface area (Å²) in [4.78, 5) is 16.0. The number of methoxy groups -OCH3 is 1. The van der Waals surface area contributed by atoms with Crippen LogP contribution in [-0.4, -0.2) is 40.8 Å². The average Bonchev–Trinajstić information content (AvgIpc) is 2.77. The van der Waals surface area contributed by atoms with Gasteiger partial charge in [0.25, 0.3) is 0 Å². The molecule has 6 nitrogen and oxygen atoms in total. The highest BCUT2D eigenvalue weighted by atomic mass is 16.5. The third-order valence-electron chi connectivity index (χ3n) is 2.83. The van der Waals surface area contributed by atoms with Gasteiger partial charge in [0.15, 0.2) is 0 Å². The summed E-state index contributed by atoms with van der Waals surface area (Å²) in [7, 11) is 1.59. The highest BCUT2D eigenvalue weighted by molar-refractivity contribution is 5.83. The maximum absolute atomic E-state index is 11.8. The Hall–Kier alpha value is -1.92. The lowest BCUT2D eigenvalue weighted by Crippen LogP contribution is -2.30. The number of nitrogens with zero attached hydrogens (tertiary/aromatic N) is 2. The number of amides is 1. The van der Waals surface area contributed by atoms with Crippen molar-refractivity contribution in [3.8, 4) is 0 Å². The fraction of sp³-hybridized carbons (Fsp3) is 0.385. The van der Waals surface area contributed by atoms with E-state index in [1.807, 2.05) is 12.1 Å². The van der Waals surface area contributed by atoms with E-state index in [-0.39, 0.29) is 19.1 Å². The minimum absolute atomic E-state index is 0.0690. The molecule has 19 heavy (non-hydrogen) atoms. The summed E-state index contributed by atoms with van der Waals surface area (Å²) in [5, 5.41) is 12.9. The van der Waals surface area contributed by atoms with Gasteiger partial charge < -0.3 is 19.7 Å². The summed E-state index contributed by atoms with van der Waals surface area (Å²) in [6, 6.07) is 3.69. The molecule has 0 unspecified atom stereocenters. The fourth-order valence-electron chi connectivity index (χ4n) is 1.94. The van der Waals surface area contributed by atoms with Crippen LogP contribution in [0.25, 0.3) is 11.0 Å². The van der Waals surface area contributed by atoms with Crippen molar-refractivity contribution in [1.29, 1.82) is 0 Å². The quantitative estimate of drug-likeness (QED) is 0.735. The SMILES string of the molecule is COCCNC(=O)Cn1cc(CO)c2cccnc21. The number of rotatable bonds is 6. The number of ether oxygens (including phenoxy) is 1. The molecule has 0 aromatic carbocycles. The highest BCUT2D eigenvalue weighted by Gasteiger charge is 2.10. The molecular formula is C13H17N3O3. The molecule has 2 aromatic heterocycles. The summed E-state index contributed by atoms with van der Waals surface area (Å²) in [6.07, 6.45) is 3.43. The average molecular weight is 263 g/mol. The highest BCUT2D eigenvalue weighted by Crippen LogP contribution is 2.18. The molecule has 0 saturated carbocycles. The van der Waals surface area contributed by atoms with E-state index in [1.165, 1.54) is 0 Å². The predicted molar refractivity (Wildman–Crippen MR) is 70.5 cm³/mol. The van der Waals surface area contributed by atoms with Crippen molar-refractivity contribution < 1.29 is 14.6 Å². The van der Waals surface area contributed by atoms with Gasteiger partial charge in [-0.05, 0) is 12.1 Å². The molecule has 1 amide bonds. The largest absolute Gasteiger partial charge is 0.392 e. The van der Waals surface area contributed by atoms with Gasteiger partial charge in [0.1, 0.15) is 12.2 Å². The Bertz CT molecular complexity index is 565. The van der Waals surface area contributed by atoms with E-state index in [4.69, 9.17) is 4.74 Å². The molecule has 0 aliphatic rings. The zero-order valence-corrected chi connectivity index (χ0v) is 10.8. The number of fused-ring (bicyclic) bond motifs is 1. The summed E-state index contributed by atoms with van der Waals surface area (Å²) in [5.41, 5.74) is 1.47. The van der Waals surface area contributed by atoms with Crippen LogP contribution in [0.1, 0.15) is 5.56 Å². The number of aliphatic hydroxyl groups is 1. The Morgan fingerprint density at radius 1 is 1.58 bits per heavy atom. The number of carbonyl (C=O) groups is 1. The van der Waals surface area contributed by atoms with Crippen molar-refractivity contribution in [1.82, 2.24) is 14.9 Å². The van der Waals surface area contributed by atoms with Gasteiger partial charge in [-0.3, -0.25) is 4.79 Å². The van der Waals surface area contributed by atoms with Gasteiger partial charge in [-0.1, -0.05) is 0 Å². The van der Waals surface area contributed by atoms with Crippen LogP contribution >= 0.6 is 0 Å². The molecule has 0 aliphatic carbocycles. The molecule has 2 heterocycles. The van der Waals surface area contributed by atoms with Crippen molar-refractivity contribution in [2.75, 3.05) is 20.3 Å². The van der Waals surface area contributed by atoms with Gasteiger partial charge in [0.05, 0.1) is 13.2 Å². The zero-order valence-electron chi connectivity index (χ0n) is 10.8. The second-order valence-electron chi connectivity index (χ2n) is 4.16. The Morgan fingerprint density at radius 2 is 2.42 bits per heavy atom. The molecule has 0 aliphatic heterocycles. The Balaban J connectivity index is 2.14. The molecule has 0 spiro atoms. The van der Waals surface area contributed by atoms with E-state index < -0.39 is 0 Å². The van der Waals surface area contributed by atoms with Crippen LogP contribution < -0.4 is 5.32 Å². The Kier molecular flexibility index (Phi) is 4.48. The number of aliphatic hydroxyl groups excluding tert-OH is 1. The molecule has 0 saturated heterocycles. The minimum Gasteiger partial charge on any atom is -0.392 e. The molecule has 2 N–H and O–H groups in total. The van der Waals surface area contributed by atoms with E-state index in [1.54, 1.807) is 24.1 Å². The second kappa shape index (κ2) is 6.31. The summed E-state index contributed by atoms with van der Waals surface area (Å²) in [6.45, 7) is 1.07. The molecule has 2 aromatic rings. The second-order valence-corrected chi connectivity index (χ2v) is 4.16. The molecule has 102 valence electrons. The molecule has 6 heteroatoms. The smallest absolute Gasteiger partial charge is 0.240 e. The van der Waals surface area contributed by atoms with E-state index in [2.05, 4.69) is 10.3 Å². The molecule has 2 rings (SSSR count). The molecule has 0 bridgehead atoms. The van der Waals surface area contributed by atoms with E-state index in [0.717, 1.165) is 10.9 Å². The van der Waals surface area contributed by atoms with Gasteiger partial charge in [0.2, 0.25) is 5.91 Å². The lowest BCUT2D eigenvalue weighted by Gasteiger charge is -2.06. The van der Waals surface area contributed by atoms with Gasteiger partial charge in [0, 0.05) is 37.0 Å². The maximum atomic E-state index is 11.8. The molecule has 0 radical (unpaired) electrons. The van der Waals surface area contributed by atoms with Crippen LogP contribution in [0.3, 0.4) is 0 Å². The first-order chi connectivity index (χ1) is 9.26. The summed E-state index contributed by atoms with van der Waals surface area (Å²) >= 11 is 0. The number of nitrogens with one attached hydrogen (secondary N) is 1. The van der Waals surface area contributed by atoms with Crippen LogP contribution in [-0.2, 0) is 22.7 Å². The van der Waals surface area contributed by atoms with Crippen molar-refractivity contribution in [3.63, 3.8) is 0 Å². The predicted octanol–water partition coefficient (Wildman–Crippen LogP) is 0.291. The van der Waals surface area contributed by atoms with Crippen LogP contribution in [0.2, 0.25) is 0 Å². The number of carbonyl (C=O) groups excluding carboxylic acids is 1. The van der Waals surface area contributed by atoms with Crippen LogP contribution in [0.4, 0.5) is 0 Å². The maximum Gasteiger partial charge on any atom is 0.240 e. The van der Waals surface area contributed by atoms with Crippen molar-refractivity contribution in [2.24, 2.45) is 0 Å². The van der Waals surface area contributed by atoms with Crippen molar-refractivity contribution in [3.05, 3.63) is 30.1 Å². The van der Waals surface area contributed by atoms with Crippen LogP contribution in [0.15, 0.2) is 24.5 Å². The molecule has 0 atom stereocenters. The van der Waals surface area contributed by atoms with Gasteiger partial charge in [-0.2, -0.15) is 0 Å². The Morgan fingerprint density at radius 3 is 3.16 bits per heavy atom. The first-order valence-corrected chi connectivity index (χ1v) is 6.05. The lowest BCUT2D eigenvalue weighted by molar-refractivity contribution is -0.121. The van der Waals surface area contributed by atoms with Crippen molar-refractivity contribution in [2.45, 2.75) is 13.2 Å². The van der Waals surface area contributed by atoms with Crippen molar-refractivity contribution >= 4 is 16.9 Å². The Labute approximate surface area is 111 Å². The third kappa shape index (κ3) is 3.10. The number of hydrogen-bond acceptors (Lipinski definition) is 4. The van der Waals surface area contributed by atoms with Crippen LogP contribution in [0, 0.1) is 0 Å². The number of pyridine rings is 1. The zero-order chi connectivity index (χ0) is 13.7. The molecule has 0 fully saturated rings. The van der Waals surface area contributed by atoms with Gasteiger partial charge >= 0.3 is 0 Å². The fourth-order valence-corrected chi connectivity index (χ4v) is 1.94.